The fourth-order valence-electron chi connectivity index (χ4n) is 2.59. The van der Waals surface area contributed by atoms with Gasteiger partial charge in [0.15, 0.2) is 0 Å². The van der Waals surface area contributed by atoms with Crippen molar-refractivity contribution in [2.75, 3.05) is 32.7 Å². The molecule has 0 unspecified atom stereocenters. The lowest BCUT2D eigenvalue weighted by atomic mass is 10.2. The van der Waals surface area contributed by atoms with Crippen LogP contribution in [-0.4, -0.2) is 48.6 Å². The summed E-state index contributed by atoms with van der Waals surface area (Å²) in [4.78, 5) is 16.3. The Morgan fingerprint density at radius 1 is 1.10 bits per heavy atom. The first kappa shape index (κ1) is 13.4. The maximum atomic E-state index is 12.0. The Bertz CT molecular complexity index is 437. The van der Waals surface area contributed by atoms with Crippen LogP contribution in [0.25, 0.3) is 0 Å². The molecule has 1 amide bonds. The van der Waals surface area contributed by atoms with E-state index < -0.39 is 0 Å². The van der Waals surface area contributed by atoms with Crippen molar-refractivity contribution in [2.45, 2.75) is 19.4 Å². The fourth-order valence-corrected chi connectivity index (χ4v) is 2.59. The number of amides is 1. The summed E-state index contributed by atoms with van der Waals surface area (Å²) >= 11 is 0. The number of benzene rings is 1. The second-order valence-corrected chi connectivity index (χ2v) is 5.77. The summed E-state index contributed by atoms with van der Waals surface area (Å²) in [5.41, 5.74) is 1.04. The molecule has 108 valence electrons. The molecule has 1 aliphatic carbocycles. The zero-order valence-electron chi connectivity index (χ0n) is 11.8. The number of piperazine rings is 1. The predicted octanol–water partition coefficient (Wildman–Crippen LogP) is 2.35. The molecule has 1 saturated heterocycles. The summed E-state index contributed by atoms with van der Waals surface area (Å²) in [5, 5.41) is 0. The molecule has 0 aromatic heterocycles. The molecular weight excluding hydrogens is 252 g/mol. The largest absolute Gasteiger partial charge is 0.445 e. The SMILES string of the molecule is O=C(OCc1ccccc1)N1CCN(CC2CC2)CC1. The molecule has 1 heterocycles. The van der Waals surface area contributed by atoms with Gasteiger partial charge >= 0.3 is 6.09 Å². The van der Waals surface area contributed by atoms with Crippen LogP contribution in [0.4, 0.5) is 4.79 Å². The molecule has 0 bridgehead atoms. The summed E-state index contributed by atoms with van der Waals surface area (Å²) in [5.74, 6) is 0.923. The molecule has 0 radical (unpaired) electrons. The molecule has 3 rings (SSSR count). The topological polar surface area (TPSA) is 32.8 Å². The van der Waals surface area contributed by atoms with Crippen molar-refractivity contribution in [3.8, 4) is 0 Å². The average Bonchev–Trinajstić information content (AvgIpc) is 3.31. The molecule has 4 heteroatoms. The smallest absolute Gasteiger partial charge is 0.410 e. The highest BCUT2D eigenvalue weighted by Gasteiger charge is 2.27. The third kappa shape index (κ3) is 3.73. The highest BCUT2D eigenvalue weighted by Crippen LogP contribution is 2.29. The van der Waals surface area contributed by atoms with E-state index in [0.717, 1.165) is 37.7 Å². The molecule has 0 atom stereocenters. The zero-order valence-corrected chi connectivity index (χ0v) is 11.8. The van der Waals surface area contributed by atoms with E-state index in [1.807, 2.05) is 35.2 Å². The number of hydrogen-bond donors (Lipinski definition) is 0. The highest BCUT2D eigenvalue weighted by atomic mass is 16.6. The van der Waals surface area contributed by atoms with Crippen molar-refractivity contribution >= 4 is 6.09 Å². The Balaban J connectivity index is 1.39. The van der Waals surface area contributed by atoms with E-state index in [1.165, 1.54) is 19.4 Å². The predicted molar refractivity (Wildman–Crippen MR) is 77.4 cm³/mol. The summed E-state index contributed by atoms with van der Waals surface area (Å²) in [6, 6.07) is 9.83. The van der Waals surface area contributed by atoms with Crippen LogP contribution in [0.2, 0.25) is 0 Å². The molecule has 2 aliphatic rings. The van der Waals surface area contributed by atoms with E-state index in [0.29, 0.717) is 6.61 Å². The number of rotatable bonds is 4. The Morgan fingerprint density at radius 2 is 1.80 bits per heavy atom. The molecule has 20 heavy (non-hydrogen) atoms. The van der Waals surface area contributed by atoms with Crippen molar-refractivity contribution in [1.29, 1.82) is 0 Å². The van der Waals surface area contributed by atoms with Gasteiger partial charge in [0.25, 0.3) is 0 Å². The quantitative estimate of drug-likeness (QED) is 0.845. The van der Waals surface area contributed by atoms with E-state index in [1.54, 1.807) is 0 Å². The molecule has 4 nitrogen and oxygen atoms in total. The van der Waals surface area contributed by atoms with Gasteiger partial charge in [0.1, 0.15) is 6.61 Å². The van der Waals surface area contributed by atoms with Gasteiger partial charge < -0.3 is 9.64 Å². The lowest BCUT2D eigenvalue weighted by Crippen LogP contribution is -2.49. The summed E-state index contributed by atoms with van der Waals surface area (Å²) in [7, 11) is 0. The van der Waals surface area contributed by atoms with Crippen LogP contribution < -0.4 is 0 Å². The minimum absolute atomic E-state index is 0.181. The van der Waals surface area contributed by atoms with Gasteiger partial charge in [-0.05, 0) is 24.3 Å². The van der Waals surface area contributed by atoms with Gasteiger partial charge in [-0.15, -0.1) is 0 Å². The van der Waals surface area contributed by atoms with Crippen LogP contribution in [0.1, 0.15) is 18.4 Å². The Labute approximate surface area is 120 Å². The number of nitrogens with zero attached hydrogens (tertiary/aromatic N) is 2. The first-order chi connectivity index (χ1) is 9.81. The lowest BCUT2D eigenvalue weighted by Gasteiger charge is -2.34. The highest BCUT2D eigenvalue weighted by molar-refractivity contribution is 5.67. The van der Waals surface area contributed by atoms with Gasteiger partial charge in [-0.2, -0.15) is 0 Å². The molecular formula is C16H22N2O2. The third-order valence-corrected chi connectivity index (χ3v) is 4.05. The standard InChI is InChI=1S/C16H22N2O2/c19-16(20-13-15-4-2-1-3-5-15)18-10-8-17(9-11-18)12-14-6-7-14/h1-5,14H,6-13H2. The van der Waals surface area contributed by atoms with Crippen LogP contribution in [0.3, 0.4) is 0 Å². The first-order valence-electron chi connectivity index (χ1n) is 7.49. The molecule has 1 aromatic carbocycles. The van der Waals surface area contributed by atoms with E-state index in [-0.39, 0.29) is 6.09 Å². The minimum Gasteiger partial charge on any atom is -0.445 e. The third-order valence-electron chi connectivity index (χ3n) is 4.05. The molecule has 1 aromatic rings. The summed E-state index contributed by atoms with van der Waals surface area (Å²) in [6.07, 6.45) is 2.60. The van der Waals surface area contributed by atoms with Gasteiger partial charge in [-0.25, -0.2) is 4.79 Å². The molecule has 1 saturated carbocycles. The molecule has 0 spiro atoms. The summed E-state index contributed by atoms with van der Waals surface area (Å²) < 4.78 is 5.36. The van der Waals surface area contributed by atoms with E-state index >= 15 is 0 Å². The van der Waals surface area contributed by atoms with Crippen molar-refractivity contribution in [2.24, 2.45) is 5.92 Å². The van der Waals surface area contributed by atoms with E-state index in [2.05, 4.69) is 4.90 Å². The van der Waals surface area contributed by atoms with Crippen LogP contribution in [0.15, 0.2) is 30.3 Å². The van der Waals surface area contributed by atoms with Crippen molar-refractivity contribution in [3.05, 3.63) is 35.9 Å². The van der Waals surface area contributed by atoms with Crippen LogP contribution in [-0.2, 0) is 11.3 Å². The van der Waals surface area contributed by atoms with Crippen molar-refractivity contribution in [3.63, 3.8) is 0 Å². The fraction of sp³-hybridized carbons (Fsp3) is 0.562. The minimum atomic E-state index is -0.181. The van der Waals surface area contributed by atoms with E-state index in [4.69, 9.17) is 4.74 Å². The van der Waals surface area contributed by atoms with Gasteiger partial charge in [-0.1, -0.05) is 30.3 Å². The molecule has 0 N–H and O–H groups in total. The Morgan fingerprint density at radius 3 is 2.45 bits per heavy atom. The maximum absolute atomic E-state index is 12.0. The van der Waals surface area contributed by atoms with Gasteiger partial charge in [0, 0.05) is 32.7 Å². The van der Waals surface area contributed by atoms with Gasteiger partial charge in [0.2, 0.25) is 0 Å². The average molecular weight is 274 g/mol. The Hall–Kier alpha value is -1.55. The van der Waals surface area contributed by atoms with Crippen LogP contribution in [0, 0.1) is 5.92 Å². The number of carbonyl (C=O) groups excluding carboxylic acids is 1. The maximum Gasteiger partial charge on any atom is 0.410 e. The van der Waals surface area contributed by atoms with Crippen LogP contribution in [0.5, 0.6) is 0 Å². The second kappa shape index (κ2) is 6.27. The van der Waals surface area contributed by atoms with Gasteiger partial charge in [-0.3, -0.25) is 4.90 Å². The number of hydrogen-bond acceptors (Lipinski definition) is 3. The second-order valence-electron chi connectivity index (χ2n) is 5.77. The number of carbonyl (C=O) groups is 1. The van der Waals surface area contributed by atoms with Crippen molar-refractivity contribution in [1.82, 2.24) is 9.80 Å². The molecule has 2 fully saturated rings. The normalized spacial score (nSPS) is 19.9. The zero-order chi connectivity index (χ0) is 13.8. The lowest BCUT2D eigenvalue weighted by molar-refractivity contribution is 0.0707. The summed E-state index contributed by atoms with van der Waals surface area (Å²) in [6.45, 7) is 5.13. The van der Waals surface area contributed by atoms with Crippen molar-refractivity contribution < 1.29 is 9.53 Å². The number of ether oxygens (including phenoxy) is 1. The molecule has 1 aliphatic heterocycles. The van der Waals surface area contributed by atoms with Gasteiger partial charge in [0.05, 0.1) is 0 Å². The van der Waals surface area contributed by atoms with Crippen LogP contribution >= 0.6 is 0 Å². The monoisotopic (exact) mass is 274 g/mol. The first-order valence-corrected chi connectivity index (χ1v) is 7.49. The Kier molecular flexibility index (Phi) is 4.21. The van der Waals surface area contributed by atoms with E-state index in [9.17, 15) is 4.79 Å².